The van der Waals surface area contributed by atoms with Crippen LogP contribution in [0.2, 0.25) is 0 Å². The van der Waals surface area contributed by atoms with Crippen molar-refractivity contribution in [2.45, 2.75) is 32.4 Å². The van der Waals surface area contributed by atoms with Crippen molar-refractivity contribution in [1.82, 2.24) is 10.2 Å². The van der Waals surface area contributed by atoms with Crippen LogP contribution in [0.5, 0.6) is 0 Å². The first-order valence-corrected chi connectivity index (χ1v) is 11.7. The summed E-state index contributed by atoms with van der Waals surface area (Å²) < 4.78 is 1.05. The van der Waals surface area contributed by atoms with E-state index in [1.165, 1.54) is 23.6 Å². The number of carbonyl (C=O) groups is 4. The summed E-state index contributed by atoms with van der Waals surface area (Å²) in [5, 5.41) is 12.1. The Morgan fingerprint density at radius 1 is 1.18 bits per heavy atom. The molecule has 3 rings (SSSR count). The topological polar surface area (TPSA) is 107 Å². The van der Waals surface area contributed by atoms with Gasteiger partial charge in [-0.05, 0) is 36.2 Å². The summed E-state index contributed by atoms with van der Waals surface area (Å²) in [6.45, 7) is 3.23. The van der Waals surface area contributed by atoms with Gasteiger partial charge in [-0.1, -0.05) is 30.3 Å². The minimum atomic E-state index is -1.19. The van der Waals surface area contributed by atoms with Gasteiger partial charge in [-0.25, -0.2) is 9.21 Å². The van der Waals surface area contributed by atoms with Gasteiger partial charge < -0.3 is 15.3 Å². The predicted molar refractivity (Wildman–Crippen MR) is 127 cm³/mol. The molecule has 0 saturated carbocycles. The number of carbonyl (C=O) groups excluding carboxylic acids is 3. The van der Waals surface area contributed by atoms with Gasteiger partial charge in [0.2, 0.25) is 11.8 Å². The molecule has 1 aliphatic rings. The van der Waals surface area contributed by atoms with Crippen LogP contribution in [0, 0.1) is 6.92 Å². The summed E-state index contributed by atoms with van der Waals surface area (Å²) in [7, 11) is 0. The first-order chi connectivity index (χ1) is 15.7. The van der Waals surface area contributed by atoms with Crippen LogP contribution in [-0.4, -0.2) is 57.4 Å². The largest absolute Gasteiger partial charge is 0.480 e. The van der Waals surface area contributed by atoms with Crippen LogP contribution >= 0.6 is 23.5 Å². The highest BCUT2D eigenvalue weighted by atomic mass is 35.5. The molecule has 2 aromatic rings. The second-order valence-corrected chi connectivity index (χ2v) is 9.02. The number of amides is 3. The van der Waals surface area contributed by atoms with Crippen molar-refractivity contribution in [1.29, 1.82) is 0 Å². The van der Waals surface area contributed by atoms with Gasteiger partial charge in [0.25, 0.3) is 5.91 Å². The second kappa shape index (κ2) is 10.7. The first-order valence-electron chi connectivity index (χ1n) is 10.2. The number of halogens is 1. The van der Waals surface area contributed by atoms with E-state index in [1.807, 2.05) is 19.1 Å². The van der Waals surface area contributed by atoms with Gasteiger partial charge in [0.1, 0.15) is 12.1 Å². The molecule has 0 bridgehead atoms. The predicted octanol–water partition coefficient (Wildman–Crippen LogP) is 2.83. The number of thioether (sulfide) groups is 1. The molecule has 10 heteroatoms. The molecule has 174 valence electrons. The zero-order valence-electron chi connectivity index (χ0n) is 18.2. The number of aryl methyl sites for hydroxylation is 1. The van der Waals surface area contributed by atoms with E-state index in [2.05, 4.69) is 5.32 Å². The number of carboxylic acid groups (broad SMARTS) is 1. The average Bonchev–Trinajstić information content (AvgIpc) is 3.29. The Hall–Kier alpha value is -3.04. The number of nitrogens with zero attached hydrogens (tertiary/aromatic N) is 2. The molecule has 1 heterocycles. The molecule has 2 N–H and O–H groups in total. The third kappa shape index (κ3) is 5.85. The number of para-hydroxylation sites is 1. The number of hydrogen-bond donors (Lipinski definition) is 2. The number of benzene rings is 2. The molecule has 0 aliphatic carbocycles. The zero-order chi connectivity index (χ0) is 24.1. The Labute approximate surface area is 201 Å². The maximum Gasteiger partial charge on any atom is 0.326 e. The van der Waals surface area contributed by atoms with Crippen LogP contribution in [0.1, 0.15) is 28.4 Å². The normalized spacial score (nSPS) is 16.2. The summed E-state index contributed by atoms with van der Waals surface area (Å²) in [5.41, 5.74) is 2.39. The van der Waals surface area contributed by atoms with Gasteiger partial charge >= 0.3 is 5.97 Å². The van der Waals surface area contributed by atoms with Crippen molar-refractivity contribution >= 4 is 52.9 Å². The highest BCUT2D eigenvalue weighted by molar-refractivity contribution is 7.99. The van der Waals surface area contributed by atoms with Crippen molar-refractivity contribution in [2.75, 3.05) is 16.0 Å². The second-order valence-electron chi connectivity index (χ2n) is 7.68. The van der Waals surface area contributed by atoms with E-state index in [1.54, 1.807) is 36.4 Å². The Bertz CT molecular complexity index is 1060. The Morgan fingerprint density at radius 2 is 1.85 bits per heavy atom. The van der Waals surface area contributed by atoms with E-state index >= 15 is 0 Å². The number of nitrogens with one attached hydrogen (secondary N) is 1. The van der Waals surface area contributed by atoms with Gasteiger partial charge in [-0.3, -0.25) is 14.4 Å². The molecule has 1 unspecified atom stereocenters. The van der Waals surface area contributed by atoms with E-state index < -0.39 is 29.9 Å². The Balaban J connectivity index is 1.67. The van der Waals surface area contributed by atoms with Gasteiger partial charge in [0, 0.05) is 36.4 Å². The van der Waals surface area contributed by atoms with Gasteiger partial charge in [0.15, 0.2) is 0 Å². The molecule has 3 amide bonds. The molecule has 1 aliphatic heterocycles. The van der Waals surface area contributed by atoms with Crippen LogP contribution in [0.4, 0.5) is 5.69 Å². The van der Waals surface area contributed by atoms with E-state index in [-0.39, 0.29) is 12.3 Å². The minimum absolute atomic E-state index is 0.0257. The number of anilines is 1. The molecular formula is C23H24ClN3O5S. The molecule has 1 saturated heterocycles. The Morgan fingerprint density at radius 3 is 2.45 bits per heavy atom. The van der Waals surface area contributed by atoms with E-state index in [4.69, 9.17) is 11.8 Å². The maximum atomic E-state index is 12.7. The molecular weight excluding hydrogens is 466 g/mol. The van der Waals surface area contributed by atoms with E-state index in [9.17, 15) is 24.3 Å². The fourth-order valence-electron chi connectivity index (χ4n) is 3.46. The lowest BCUT2D eigenvalue weighted by molar-refractivity contribution is -0.143. The molecule has 0 aromatic heterocycles. The summed E-state index contributed by atoms with van der Waals surface area (Å²) in [6.07, 6.45) is 0.0257. The standard InChI is InChI=1S/C23H24ClN3O5S/c1-14-5-3-4-6-19(14)27(24)22(30)17-9-7-16(8-10-17)11-18(23(31)32)25-21(29)20-12-33-13-26(20)15(2)28/h3-10,18,20H,11-13H2,1-2H3,(H,25,29)(H,31,32)/t18-,20?/m0/s1. The van der Waals surface area contributed by atoms with Crippen LogP contribution in [0.15, 0.2) is 48.5 Å². The van der Waals surface area contributed by atoms with Gasteiger partial charge in [-0.2, -0.15) is 0 Å². The van der Waals surface area contributed by atoms with Crippen LogP contribution < -0.4 is 9.74 Å². The highest BCUT2D eigenvalue weighted by Crippen LogP contribution is 2.24. The summed E-state index contributed by atoms with van der Waals surface area (Å²) >= 11 is 7.69. The molecule has 2 atom stereocenters. The smallest absolute Gasteiger partial charge is 0.326 e. The molecule has 1 fully saturated rings. The summed E-state index contributed by atoms with van der Waals surface area (Å²) in [6, 6.07) is 11.8. The monoisotopic (exact) mass is 489 g/mol. The molecule has 8 nitrogen and oxygen atoms in total. The maximum absolute atomic E-state index is 12.7. The first kappa shape index (κ1) is 24.6. The molecule has 0 radical (unpaired) electrons. The lowest BCUT2D eigenvalue weighted by Crippen LogP contribution is -2.52. The number of rotatable bonds is 7. The van der Waals surface area contributed by atoms with Crippen LogP contribution in [0.25, 0.3) is 0 Å². The quantitative estimate of drug-likeness (QED) is 0.579. The third-order valence-electron chi connectivity index (χ3n) is 5.35. The van der Waals surface area contributed by atoms with Crippen molar-refractivity contribution < 1.29 is 24.3 Å². The minimum Gasteiger partial charge on any atom is -0.480 e. The average molecular weight is 490 g/mol. The van der Waals surface area contributed by atoms with Crippen LogP contribution in [0.3, 0.4) is 0 Å². The lowest BCUT2D eigenvalue weighted by atomic mass is 10.0. The van der Waals surface area contributed by atoms with E-state index in [0.717, 1.165) is 9.98 Å². The molecule has 2 aromatic carbocycles. The van der Waals surface area contributed by atoms with Crippen LogP contribution in [-0.2, 0) is 20.8 Å². The highest BCUT2D eigenvalue weighted by Gasteiger charge is 2.35. The Kier molecular flexibility index (Phi) is 7.99. The van der Waals surface area contributed by atoms with Crippen molar-refractivity contribution in [2.24, 2.45) is 0 Å². The zero-order valence-corrected chi connectivity index (χ0v) is 19.7. The van der Waals surface area contributed by atoms with E-state index in [0.29, 0.717) is 28.4 Å². The number of hydrogen-bond acceptors (Lipinski definition) is 5. The summed E-state index contributed by atoms with van der Waals surface area (Å²) in [4.78, 5) is 50.2. The van der Waals surface area contributed by atoms with Gasteiger partial charge in [0.05, 0.1) is 11.6 Å². The van der Waals surface area contributed by atoms with Gasteiger partial charge in [-0.15, -0.1) is 11.8 Å². The number of carboxylic acids is 1. The van der Waals surface area contributed by atoms with Crippen molar-refractivity contribution in [3.05, 3.63) is 65.2 Å². The molecule has 0 spiro atoms. The lowest BCUT2D eigenvalue weighted by Gasteiger charge is -2.23. The van der Waals surface area contributed by atoms with Crippen molar-refractivity contribution in [3.63, 3.8) is 0 Å². The fourth-order valence-corrected chi connectivity index (χ4v) is 4.97. The SMILES string of the molecule is CC(=O)N1CSCC1C(=O)N[C@@H](Cc1ccc(C(=O)N(Cl)c2ccccc2C)cc1)C(=O)O. The number of aliphatic carboxylic acids is 1. The van der Waals surface area contributed by atoms with Crippen molar-refractivity contribution in [3.8, 4) is 0 Å². The summed E-state index contributed by atoms with van der Waals surface area (Å²) in [5.74, 6) is -1.50. The third-order valence-corrected chi connectivity index (χ3v) is 6.70. The fraction of sp³-hybridized carbons (Fsp3) is 0.304. The molecule has 33 heavy (non-hydrogen) atoms.